The predicted molar refractivity (Wildman–Crippen MR) is 117 cm³/mol. The second-order valence-electron chi connectivity index (χ2n) is 8.07. The van der Waals surface area contributed by atoms with Crippen molar-refractivity contribution in [2.24, 2.45) is 5.92 Å². The maximum Gasteiger partial charge on any atom is 0.243 e. The molecule has 0 radical (unpaired) electrons. The Morgan fingerprint density at radius 3 is 2.70 bits per heavy atom. The van der Waals surface area contributed by atoms with Gasteiger partial charge in [0, 0.05) is 48.0 Å². The third-order valence-electron chi connectivity index (χ3n) is 6.01. The fourth-order valence-corrected chi connectivity index (χ4v) is 6.27. The van der Waals surface area contributed by atoms with E-state index in [1.807, 2.05) is 25.4 Å². The summed E-state index contributed by atoms with van der Waals surface area (Å²) in [6.07, 6.45) is 6.67. The van der Waals surface area contributed by atoms with E-state index >= 15 is 0 Å². The molecule has 3 heterocycles. The minimum atomic E-state index is -3.46. The van der Waals surface area contributed by atoms with Gasteiger partial charge in [0.1, 0.15) is 0 Å². The predicted octanol–water partition coefficient (Wildman–Crippen LogP) is 4.13. The molecule has 1 aliphatic rings. The van der Waals surface area contributed by atoms with Gasteiger partial charge < -0.3 is 4.57 Å². The Morgan fingerprint density at radius 2 is 1.93 bits per heavy atom. The SMILES string of the molecule is C[C@H]1C[C@@H](Cn2ccc3cc(-c4cn[nH]c4)ccc32)CN1S(=O)(=O)c1ccccc1. The number of nitrogens with zero attached hydrogens (tertiary/aromatic N) is 3. The van der Waals surface area contributed by atoms with Crippen LogP contribution in [-0.2, 0) is 16.6 Å². The van der Waals surface area contributed by atoms with E-state index in [1.54, 1.807) is 28.6 Å². The highest BCUT2D eigenvalue weighted by atomic mass is 32.2. The third kappa shape index (κ3) is 3.34. The molecule has 0 saturated carbocycles. The summed E-state index contributed by atoms with van der Waals surface area (Å²) in [4.78, 5) is 0.371. The van der Waals surface area contributed by atoms with Crippen LogP contribution in [0.15, 0.2) is 78.1 Å². The van der Waals surface area contributed by atoms with Gasteiger partial charge in [0.25, 0.3) is 0 Å². The molecule has 1 N–H and O–H groups in total. The summed E-state index contributed by atoms with van der Waals surface area (Å²) in [5.41, 5.74) is 3.36. The molecule has 6 nitrogen and oxygen atoms in total. The number of hydrogen-bond acceptors (Lipinski definition) is 3. The molecule has 30 heavy (non-hydrogen) atoms. The number of fused-ring (bicyclic) bond motifs is 1. The van der Waals surface area contributed by atoms with Gasteiger partial charge in [-0.05, 0) is 55.2 Å². The fourth-order valence-electron chi connectivity index (χ4n) is 4.53. The first kappa shape index (κ1) is 19.1. The first-order valence-corrected chi connectivity index (χ1v) is 11.6. The zero-order valence-corrected chi connectivity index (χ0v) is 17.6. The van der Waals surface area contributed by atoms with Crippen LogP contribution in [0.4, 0.5) is 0 Å². The monoisotopic (exact) mass is 420 g/mol. The smallest absolute Gasteiger partial charge is 0.243 e. The summed E-state index contributed by atoms with van der Waals surface area (Å²) in [5.74, 6) is 0.280. The molecule has 0 spiro atoms. The van der Waals surface area contributed by atoms with Crippen LogP contribution in [0, 0.1) is 5.92 Å². The molecule has 2 aromatic heterocycles. The van der Waals surface area contributed by atoms with Crippen molar-refractivity contribution < 1.29 is 8.42 Å². The van der Waals surface area contributed by atoms with Crippen molar-refractivity contribution in [3.8, 4) is 11.1 Å². The molecular formula is C23H24N4O2S. The number of rotatable bonds is 5. The molecule has 1 aliphatic heterocycles. The Kier molecular flexibility index (Phi) is 4.72. The highest BCUT2D eigenvalue weighted by Crippen LogP contribution is 2.32. The van der Waals surface area contributed by atoms with Crippen molar-refractivity contribution in [2.75, 3.05) is 6.54 Å². The van der Waals surface area contributed by atoms with Crippen LogP contribution in [0.2, 0.25) is 0 Å². The molecule has 5 rings (SSSR count). The van der Waals surface area contributed by atoms with E-state index in [9.17, 15) is 8.42 Å². The molecular weight excluding hydrogens is 396 g/mol. The first-order valence-electron chi connectivity index (χ1n) is 10.2. The number of sulfonamides is 1. The Bertz CT molecular complexity index is 1260. The molecule has 1 fully saturated rings. The second-order valence-corrected chi connectivity index (χ2v) is 9.96. The van der Waals surface area contributed by atoms with Gasteiger partial charge in [-0.25, -0.2) is 8.42 Å². The average Bonchev–Trinajstić information content (AvgIpc) is 3.49. The largest absolute Gasteiger partial charge is 0.347 e. The second kappa shape index (κ2) is 7.41. The van der Waals surface area contributed by atoms with Crippen LogP contribution in [-0.4, -0.2) is 40.1 Å². The quantitative estimate of drug-likeness (QED) is 0.528. The van der Waals surface area contributed by atoms with E-state index in [0.717, 1.165) is 24.1 Å². The zero-order valence-electron chi connectivity index (χ0n) is 16.8. The summed E-state index contributed by atoms with van der Waals surface area (Å²) in [6.45, 7) is 3.36. The molecule has 7 heteroatoms. The van der Waals surface area contributed by atoms with Gasteiger partial charge in [0.05, 0.1) is 11.1 Å². The third-order valence-corrected chi connectivity index (χ3v) is 8.01. The maximum absolute atomic E-state index is 13.1. The van der Waals surface area contributed by atoms with E-state index < -0.39 is 10.0 Å². The van der Waals surface area contributed by atoms with Crippen molar-refractivity contribution in [3.05, 3.63) is 73.2 Å². The fraction of sp³-hybridized carbons (Fsp3) is 0.261. The van der Waals surface area contributed by atoms with Gasteiger partial charge in [-0.1, -0.05) is 24.3 Å². The van der Waals surface area contributed by atoms with Gasteiger partial charge in [-0.3, -0.25) is 5.10 Å². The number of hydrogen-bond donors (Lipinski definition) is 1. The molecule has 0 aliphatic carbocycles. The lowest BCUT2D eigenvalue weighted by molar-refractivity contribution is 0.400. The standard InChI is InChI=1S/C23H24N4O2S/c1-17-11-18(16-27(17)30(28,29)22-5-3-2-4-6-22)15-26-10-9-20-12-19(7-8-23(20)26)21-13-24-25-14-21/h2-10,12-14,17-18H,11,15-16H2,1H3,(H,24,25)/t17-,18-/m0/s1. The molecule has 4 aromatic rings. The van der Waals surface area contributed by atoms with Crippen molar-refractivity contribution in [1.29, 1.82) is 0 Å². The minimum absolute atomic E-state index is 0.00488. The number of aromatic nitrogens is 3. The average molecular weight is 421 g/mol. The normalized spacial score (nSPS) is 20.2. The zero-order chi connectivity index (χ0) is 20.7. The van der Waals surface area contributed by atoms with Crippen LogP contribution in [0.1, 0.15) is 13.3 Å². The van der Waals surface area contributed by atoms with E-state index in [-0.39, 0.29) is 12.0 Å². The first-order chi connectivity index (χ1) is 14.5. The van der Waals surface area contributed by atoms with Crippen molar-refractivity contribution in [2.45, 2.75) is 30.8 Å². The van der Waals surface area contributed by atoms with Gasteiger partial charge in [-0.2, -0.15) is 9.40 Å². The molecule has 0 bridgehead atoms. The molecule has 0 amide bonds. The number of benzene rings is 2. The summed E-state index contributed by atoms with van der Waals surface area (Å²) >= 11 is 0. The molecule has 0 unspecified atom stereocenters. The van der Waals surface area contributed by atoms with E-state index in [1.165, 1.54) is 10.9 Å². The van der Waals surface area contributed by atoms with Gasteiger partial charge in [-0.15, -0.1) is 0 Å². The van der Waals surface area contributed by atoms with Crippen LogP contribution < -0.4 is 0 Å². The molecule has 2 aromatic carbocycles. The Labute approximate surface area is 176 Å². The summed E-state index contributed by atoms with van der Waals surface area (Å²) < 4.78 is 30.0. The van der Waals surface area contributed by atoms with Crippen LogP contribution in [0.3, 0.4) is 0 Å². The molecule has 1 saturated heterocycles. The topological polar surface area (TPSA) is 71.0 Å². The van der Waals surface area contributed by atoms with Crippen LogP contribution in [0.25, 0.3) is 22.0 Å². The lowest BCUT2D eigenvalue weighted by Gasteiger charge is -2.21. The van der Waals surface area contributed by atoms with Crippen molar-refractivity contribution >= 4 is 20.9 Å². The Hall–Kier alpha value is -2.90. The van der Waals surface area contributed by atoms with Crippen LogP contribution in [0.5, 0.6) is 0 Å². The minimum Gasteiger partial charge on any atom is -0.347 e. The van der Waals surface area contributed by atoms with Gasteiger partial charge >= 0.3 is 0 Å². The molecule has 2 atom stereocenters. The number of H-pyrrole nitrogens is 1. The maximum atomic E-state index is 13.1. The number of nitrogens with one attached hydrogen (secondary N) is 1. The van der Waals surface area contributed by atoms with Crippen LogP contribution >= 0.6 is 0 Å². The van der Waals surface area contributed by atoms with E-state index in [2.05, 4.69) is 45.2 Å². The summed E-state index contributed by atoms with van der Waals surface area (Å²) in [5, 5.41) is 8.05. The van der Waals surface area contributed by atoms with Crippen molar-refractivity contribution in [3.63, 3.8) is 0 Å². The lowest BCUT2D eigenvalue weighted by atomic mass is 10.1. The van der Waals surface area contributed by atoms with Crippen molar-refractivity contribution in [1.82, 2.24) is 19.1 Å². The lowest BCUT2D eigenvalue weighted by Crippen LogP contribution is -2.34. The summed E-state index contributed by atoms with van der Waals surface area (Å²) in [6, 6.07) is 17.2. The van der Waals surface area contributed by atoms with E-state index in [0.29, 0.717) is 11.4 Å². The Balaban J connectivity index is 1.36. The highest BCUT2D eigenvalue weighted by molar-refractivity contribution is 7.89. The highest BCUT2D eigenvalue weighted by Gasteiger charge is 2.37. The Morgan fingerprint density at radius 1 is 1.10 bits per heavy atom. The van der Waals surface area contributed by atoms with E-state index in [4.69, 9.17) is 0 Å². The summed E-state index contributed by atoms with van der Waals surface area (Å²) in [7, 11) is -3.46. The van der Waals surface area contributed by atoms with Gasteiger partial charge in [0.15, 0.2) is 0 Å². The number of aromatic amines is 1. The van der Waals surface area contributed by atoms with Gasteiger partial charge in [0.2, 0.25) is 10.0 Å². The molecule has 154 valence electrons.